The second-order valence-electron chi connectivity index (χ2n) is 6.10. The van der Waals surface area contributed by atoms with Gasteiger partial charge in [0.25, 0.3) is 0 Å². The Morgan fingerprint density at radius 3 is 2.30 bits per heavy atom. The molecule has 1 unspecified atom stereocenters. The largest absolute Gasteiger partial charge is 1.00 e. The van der Waals surface area contributed by atoms with E-state index < -0.39 is 23.2 Å². The van der Waals surface area contributed by atoms with E-state index in [4.69, 9.17) is 0 Å². The van der Waals surface area contributed by atoms with Gasteiger partial charge in [0.15, 0.2) is 0 Å². The van der Waals surface area contributed by atoms with E-state index in [0.29, 0.717) is 3.12 Å². The molecule has 3 heteroatoms. The minimum absolute atomic E-state index is 0. The summed E-state index contributed by atoms with van der Waals surface area (Å²) < 4.78 is 2.31. The zero-order valence-corrected chi connectivity index (χ0v) is 16.4. The van der Waals surface area contributed by atoms with Crippen molar-refractivity contribution < 1.29 is 48.0 Å². The first-order chi connectivity index (χ1) is 8.61. The van der Waals surface area contributed by atoms with Crippen LogP contribution in [-0.4, -0.2) is 0 Å². The van der Waals surface area contributed by atoms with Gasteiger partial charge in [-0.25, -0.2) is 0 Å². The number of allylic oxidation sites excluding steroid dienone is 8. The number of halogens is 2. The fraction of sp³-hybridized carbons (Fsp3) is 0.529. The predicted molar refractivity (Wildman–Crippen MR) is 74.0 cm³/mol. The van der Waals surface area contributed by atoms with Crippen LogP contribution in [0.4, 0.5) is 0 Å². The van der Waals surface area contributed by atoms with E-state index in [1.54, 1.807) is 11.1 Å². The molecule has 3 aliphatic carbocycles. The summed E-state index contributed by atoms with van der Waals surface area (Å²) in [7, 11) is 0. The van der Waals surface area contributed by atoms with Gasteiger partial charge in [-0.05, 0) is 0 Å². The normalized spacial score (nSPS) is 26.1. The molecule has 20 heavy (non-hydrogen) atoms. The minimum atomic E-state index is -0.537. The zero-order chi connectivity index (χ0) is 12.8. The third-order valence-electron chi connectivity index (χ3n) is 4.72. The van der Waals surface area contributed by atoms with Gasteiger partial charge in [-0.15, -0.1) is 0 Å². The van der Waals surface area contributed by atoms with Crippen LogP contribution in [0, 0.1) is 5.92 Å². The molecule has 0 N–H and O–H groups in total. The standard InChI is InChI=1S/C11H15.C6H7.2ClH.Zr/c1-8-7-9(2)11-6-4-3-5-10(8)11;1-6-4-2-3-5-6;;;/h8H,3-6H2,1-2H3;2-5H,1H3;2*1H;/q;;;;+2/p-2. The van der Waals surface area contributed by atoms with Gasteiger partial charge in [-0.1, -0.05) is 0 Å². The van der Waals surface area contributed by atoms with Crippen LogP contribution in [0.25, 0.3) is 0 Å². The summed E-state index contributed by atoms with van der Waals surface area (Å²) in [5.41, 5.74) is 5.28. The summed E-state index contributed by atoms with van der Waals surface area (Å²) in [6.07, 6.45) is 14.9. The molecule has 1 atom stereocenters. The van der Waals surface area contributed by atoms with Gasteiger partial charge in [-0.3, -0.25) is 0 Å². The summed E-state index contributed by atoms with van der Waals surface area (Å²) in [6, 6.07) is 0. The van der Waals surface area contributed by atoms with Crippen molar-refractivity contribution in [3.8, 4) is 0 Å². The molecule has 0 aromatic heterocycles. The van der Waals surface area contributed by atoms with Crippen molar-refractivity contribution in [1.82, 2.24) is 0 Å². The van der Waals surface area contributed by atoms with Gasteiger partial charge < -0.3 is 24.8 Å². The summed E-state index contributed by atoms with van der Waals surface area (Å²) >= 11 is -0.537. The Labute approximate surface area is 147 Å². The third-order valence-corrected chi connectivity index (χ3v) is 9.51. The maximum atomic E-state index is 2.47. The molecule has 0 bridgehead atoms. The Morgan fingerprint density at radius 2 is 1.70 bits per heavy atom. The topological polar surface area (TPSA) is 0 Å². The summed E-state index contributed by atoms with van der Waals surface area (Å²) in [5, 5.41) is 0. The van der Waals surface area contributed by atoms with Gasteiger partial charge in [0, 0.05) is 0 Å². The molecule has 3 aliphatic rings. The van der Waals surface area contributed by atoms with Crippen LogP contribution in [0.2, 0.25) is 3.12 Å². The van der Waals surface area contributed by atoms with Gasteiger partial charge in [-0.2, -0.15) is 0 Å². The molecule has 0 aromatic rings. The number of hydrogen-bond acceptors (Lipinski definition) is 0. The quantitative estimate of drug-likeness (QED) is 0.580. The van der Waals surface area contributed by atoms with Crippen molar-refractivity contribution >= 4 is 0 Å². The van der Waals surface area contributed by atoms with Gasteiger partial charge in [0.1, 0.15) is 0 Å². The average Bonchev–Trinajstić information content (AvgIpc) is 2.89. The van der Waals surface area contributed by atoms with E-state index in [9.17, 15) is 0 Å². The molecule has 0 saturated heterocycles. The first-order valence-corrected chi connectivity index (χ1v) is 9.65. The molecule has 0 amide bonds. The first-order valence-electron chi connectivity index (χ1n) is 7.19. The van der Waals surface area contributed by atoms with E-state index in [-0.39, 0.29) is 24.8 Å². The molecule has 0 nitrogen and oxygen atoms in total. The Kier molecular flexibility index (Phi) is 6.58. The second kappa shape index (κ2) is 7.12. The molecule has 0 aliphatic heterocycles. The Balaban J connectivity index is 0.000001000. The number of hydrogen-bond donors (Lipinski definition) is 0. The van der Waals surface area contributed by atoms with Gasteiger partial charge in [0.05, 0.1) is 0 Å². The smallest absolute Gasteiger partial charge is 1.00 e. The van der Waals surface area contributed by atoms with Crippen LogP contribution in [-0.2, 0) is 23.2 Å². The van der Waals surface area contributed by atoms with Crippen LogP contribution in [0.15, 0.2) is 44.3 Å². The third kappa shape index (κ3) is 3.26. The van der Waals surface area contributed by atoms with Crippen molar-refractivity contribution in [2.45, 2.75) is 49.6 Å². The van der Waals surface area contributed by atoms with Crippen molar-refractivity contribution in [3.05, 3.63) is 44.3 Å². The van der Waals surface area contributed by atoms with Gasteiger partial charge in [0.2, 0.25) is 0 Å². The van der Waals surface area contributed by atoms with Crippen LogP contribution < -0.4 is 24.8 Å². The molecule has 0 saturated carbocycles. The van der Waals surface area contributed by atoms with E-state index in [2.05, 4.69) is 45.1 Å². The molecule has 0 radical (unpaired) electrons. The summed E-state index contributed by atoms with van der Waals surface area (Å²) in [6.45, 7) is 7.31. The van der Waals surface area contributed by atoms with Crippen molar-refractivity contribution in [1.29, 1.82) is 0 Å². The van der Waals surface area contributed by atoms with Crippen LogP contribution in [0.1, 0.15) is 46.5 Å². The van der Waals surface area contributed by atoms with Crippen LogP contribution >= 0.6 is 0 Å². The van der Waals surface area contributed by atoms with Crippen molar-refractivity contribution in [3.63, 3.8) is 0 Å². The van der Waals surface area contributed by atoms with Gasteiger partial charge >= 0.3 is 123 Å². The fourth-order valence-corrected chi connectivity index (χ4v) is 7.74. The molecular weight excluding hydrogens is 366 g/mol. The minimum Gasteiger partial charge on any atom is -1.00 e. The van der Waals surface area contributed by atoms with Crippen LogP contribution in [0.3, 0.4) is 0 Å². The van der Waals surface area contributed by atoms with E-state index >= 15 is 0 Å². The van der Waals surface area contributed by atoms with E-state index in [1.807, 2.05) is 8.85 Å². The molecule has 3 rings (SSSR count). The fourth-order valence-electron chi connectivity index (χ4n) is 3.64. The monoisotopic (exact) mass is 386 g/mol. The van der Waals surface area contributed by atoms with Crippen molar-refractivity contribution in [2.75, 3.05) is 0 Å². The van der Waals surface area contributed by atoms with Crippen LogP contribution in [0.5, 0.6) is 0 Å². The number of rotatable bonds is 2. The SMILES string of the molecule is CC1=[C]([Zr+2][C]2(C)C=CC=C2)C(C)C2=C1CCCC2.[Cl-].[Cl-]. The molecule has 108 valence electrons. The molecular formula is C17H22Cl2Zr. The Bertz CT molecular complexity index is 485. The maximum absolute atomic E-state index is 2.47. The first kappa shape index (κ1) is 18.5. The molecule has 0 heterocycles. The van der Waals surface area contributed by atoms with Crippen molar-refractivity contribution in [2.24, 2.45) is 5.92 Å². The average molecular weight is 388 g/mol. The zero-order valence-electron chi connectivity index (χ0n) is 12.5. The summed E-state index contributed by atoms with van der Waals surface area (Å²) in [4.78, 5) is 0. The van der Waals surface area contributed by atoms with E-state index in [1.165, 1.54) is 25.7 Å². The maximum Gasteiger partial charge on any atom is -1.00 e. The molecule has 0 aromatic carbocycles. The molecule has 0 spiro atoms. The molecule has 0 fully saturated rings. The Morgan fingerprint density at radius 1 is 1.10 bits per heavy atom. The Hall–Kier alpha value is 0.423. The summed E-state index contributed by atoms with van der Waals surface area (Å²) in [5.74, 6) is 0.783. The van der Waals surface area contributed by atoms with E-state index in [0.717, 1.165) is 5.92 Å². The second-order valence-corrected chi connectivity index (χ2v) is 10.7. The predicted octanol–water partition coefficient (Wildman–Crippen LogP) is -0.824.